The third-order valence-corrected chi connectivity index (χ3v) is 0. The number of rotatable bonds is 0. The van der Waals surface area contributed by atoms with E-state index in [2.05, 4.69) is 0 Å². The van der Waals surface area contributed by atoms with E-state index in [-0.39, 0.29) is 35.0 Å². The van der Waals surface area contributed by atoms with E-state index < -0.39 is 13.6 Å². The molecule has 7 heavy (non-hydrogen) atoms. The fourth-order valence-corrected chi connectivity index (χ4v) is 0. The predicted molar refractivity (Wildman–Crippen MR) is 15.7 cm³/mol. The first-order valence-corrected chi connectivity index (χ1v) is 2.88. The average Bonchev–Trinajstić information content (AvgIpc) is 0.722. The molecule has 2 N–H and O–H groups in total. The third kappa shape index (κ3) is 147. The summed E-state index contributed by atoms with van der Waals surface area (Å²) in [7, 11) is 0. The van der Waals surface area contributed by atoms with Gasteiger partial charge in [-0.3, -0.25) is 0 Å². The summed E-state index contributed by atoms with van der Waals surface area (Å²) in [5.74, 6) is 0. The van der Waals surface area contributed by atoms with E-state index in [0.29, 0.717) is 0 Å². The van der Waals surface area contributed by atoms with Gasteiger partial charge in [0.05, 0.1) is 0 Å². The molecule has 0 heterocycles. The average molecular weight is 260 g/mol. The Morgan fingerprint density at radius 1 is 1.14 bits per heavy atom. The second-order valence-electron chi connectivity index (χ2n) is 0.448. The van der Waals surface area contributed by atoms with Crippen LogP contribution >= 0.6 is 0 Å². The molecule has 0 amide bonds. The van der Waals surface area contributed by atoms with E-state index in [0.717, 1.165) is 0 Å². The van der Waals surface area contributed by atoms with Gasteiger partial charge in [-0.25, -0.2) is 0 Å². The van der Waals surface area contributed by atoms with Gasteiger partial charge in [0.15, 0.2) is 0 Å². The Balaban J connectivity index is -0.0000000800. The van der Waals surface area contributed by atoms with Crippen molar-refractivity contribution < 1.29 is 46.6 Å². The number of hydrogen-bond donors (Lipinski definition) is 2. The molecule has 1 atom stereocenters. The monoisotopic (exact) mass is 259 g/mol. The molecule has 7 heteroatoms. The maximum absolute atomic E-state index is 8.82. The molecular weight excluding hydrogens is 254 g/mol. The fraction of sp³-hybridized carbons (Fsp3) is 0. The molecule has 4 nitrogen and oxygen atoms in total. The van der Waals surface area contributed by atoms with Crippen molar-refractivity contribution in [2.24, 2.45) is 0 Å². The fourth-order valence-electron chi connectivity index (χ4n) is 0. The van der Waals surface area contributed by atoms with Crippen LogP contribution in [0.15, 0.2) is 0 Å². The van der Waals surface area contributed by atoms with E-state index in [1.54, 1.807) is 0 Å². The molecule has 0 spiro atoms. The Morgan fingerprint density at radius 2 is 1.14 bits per heavy atom. The molecule has 1 radical (unpaired) electrons. The van der Waals surface area contributed by atoms with Crippen LogP contribution in [0.4, 0.5) is 0 Å². The second kappa shape index (κ2) is 5.27. The SMILES string of the molecule is [AsH3].[Cu].[O]=[Cr](=[O])([OH])[OH]. The van der Waals surface area contributed by atoms with Crippen molar-refractivity contribution in [2.75, 3.05) is 0 Å². The van der Waals surface area contributed by atoms with Crippen molar-refractivity contribution in [1.82, 2.24) is 0 Å². The minimum absolute atomic E-state index is 0. The van der Waals surface area contributed by atoms with Gasteiger partial charge in [-0.15, -0.1) is 0 Å². The zero-order valence-corrected chi connectivity index (χ0v) is 8.31. The minimum atomic E-state index is -5.25. The second-order valence-corrected chi connectivity index (χ2v) is 1.85. The molecule has 51 valence electrons. The van der Waals surface area contributed by atoms with Crippen molar-refractivity contribution in [3.8, 4) is 0 Å². The summed E-state index contributed by atoms with van der Waals surface area (Å²) >= 11 is -5.25. The molecule has 0 aromatic carbocycles. The van der Waals surface area contributed by atoms with Gasteiger partial charge in [0.2, 0.25) is 0 Å². The summed E-state index contributed by atoms with van der Waals surface area (Å²) in [4.78, 5) is 0. The molecular formula is H5AsCrCuO4. The molecule has 0 saturated carbocycles. The van der Waals surface area contributed by atoms with Gasteiger partial charge in [0.1, 0.15) is 0 Å². The van der Waals surface area contributed by atoms with Gasteiger partial charge in [0.25, 0.3) is 0 Å². The van der Waals surface area contributed by atoms with E-state index in [9.17, 15) is 0 Å². The molecule has 0 rings (SSSR count). The predicted octanol–water partition coefficient (Wildman–Crippen LogP) is -2.54. The molecule has 0 bridgehead atoms. The molecule has 0 aliphatic rings. The maximum atomic E-state index is 8.82. The van der Waals surface area contributed by atoms with E-state index in [1.807, 2.05) is 0 Å². The summed E-state index contributed by atoms with van der Waals surface area (Å²) in [6.45, 7) is 0. The van der Waals surface area contributed by atoms with Crippen LogP contribution in [0.3, 0.4) is 0 Å². The molecule has 0 aromatic rings. The van der Waals surface area contributed by atoms with Crippen molar-refractivity contribution >= 4 is 18.0 Å². The first kappa shape index (κ1) is 15.7. The van der Waals surface area contributed by atoms with Gasteiger partial charge in [0, 0.05) is 17.1 Å². The van der Waals surface area contributed by atoms with Gasteiger partial charge < -0.3 is 0 Å². The van der Waals surface area contributed by atoms with Crippen LogP contribution in [-0.2, 0) is 38.3 Å². The first-order valence-electron chi connectivity index (χ1n) is 0.698. The molecule has 0 aliphatic carbocycles. The van der Waals surface area contributed by atoms with E-state index in [4.69, 9.17) is 15.9 Å². The standard InChI is InChI=1S/AsH3.Cr.Cu.2H2O.2O/h1H3;;;2*1H2;;/q;+2;;;;;/p-2. The van der Waals surface area contributed by atoms with Gasteiger partial charge >= 0.3 is 47.5 Å². The number of hydrogen-bond acceptors (Lipinski definition) is 2. The summed E-state index contributed by atoms with van der Waals surface area (Å²) < 4.78 is 31.9. The summed E-state index contributed by atoms with van der Waals surface area (Å²) in [6, 6.07) is 0. The molecule has 0 aromatic heterocycles. The Labute approximate surface area is 64.5 Å². The van der Waals surface area contributed by atoms with Crippen molar-refractivity contribution in [1.29, 1.82) is 0 Å². The molecule has 0 fully saturated rings. The van der Waals surface area contributed by atoms with Crippen LogP contribution < -0.4 is 0 Å². The van der Waals surface area contributed by atoms with Crippen LogP contribution in [0.25, 0.3) is 0 Å². The Morgan fingerprint density at radius 3 is 1.14 bits per heavy atom. The first-order chi connectivity index (χ1) is 2.00. The van der Waals surface area contributed by atoms with Crippen molar-refractivity contribution in [2.45, 2.75) is 0 Å². The van der Waals surface area contributed by atoms with Crippen LogP contribution in [0.5, 0.6) is 0 Å². The van der Waals surface area contributed by atoms with Crippen molar-refractivity contribution in [3.63, 3.8) is 0 Å². The van der Waals surface area contributed by atoms with Crippen molar-refractivity contribution in [3.05, 3.63) is 0 Å². The summed E-state index contributed by atoms with van der Waals surface area (Å²) in [5, 5.41) is 0. The zero-order valence-electron chi connectivity index (χ0n) is 3.13. The van der Waals surface area contributed by atoms with Gasteiger partial charge in [-0.2, -0.15) is 0 Å². The third-order valence-electron chi connectivity index (χ3n) is 0. The molecule has 1 unspecified atom stereocenters. The quantitative estimate of drug-likeness (QED) is 0.470. The molecule has 0 aliphatic heterocycles. The Kier molecular flexibility index (Phi) is 11.8. The van der Waals surface area contributed by atoms with Gasteiger partial charge in [-0.05, 0) is 0 Å². The normalized spacial score (nSPS) is 8.29. The Hall–Kier alpha value is 1.13. The topological polar surface area (TPSA) is 74.6 Å². The van der Waals surface area contributed by atoms with E-state index >= 15 is 0 Å². The molecule has 0 saturated heterocycles. The van der Waals surface area contributed by atoms with Crippen LogP contribution in [-0.4, -0.2) is 26.3 Å². The van der Waals surface area contributed by atoms with Gasteiger partial charge in [-0.1, -0.05) is 0 Å². The van der Waals surface area contributed by atoms with Crippen LogP contribution in [0.1, 0.15) is 0 Å². The van der Waals surface area contributed by atoms with E-state index in [1.165, 1.54) is 0 Å². The van der Waals surface area contributed by atoms with Crippen LogP contribution in [0, 0.1) is 0 Å². The summed E-state index contributed by atoms with van der Waals surface area (Å²) in [5.41, 5.74) is 0. The Bertz CT molecular complexity index is 94.9. The summed E-state index contributed by atoms with van der Waals surface area (Å²) in [6.07, 6.45) is 0. The zero-order chi connectivity index (χ0) is 4.50. The van der Waals surface area contributed by atoms with Crippen LogP contribution in [0.2, 0.25) is 0 Å².